The summed E-state index contributed by atoms with van der Waals surface area (Å²) in [4.78, 5) is 11.1. The SMILES string of the molecule is COc1nc(N2CCCc3cc(C)ccc32)ncc1Br. The number of nitrogens with zero attached hydrogens (tertiary/aromatic N) is 3. The average molecular weight is 334 g/mol. The number of halogens is 1. The predicted molar refractivity (Wildman–Crippen MR) is 82.8 cm³/mol. The zero-order valence-corrected chi connectivity index (χ0v) is 13.1. The van der Waals surface area contributed by atoms with E-state index in [0.29, 0.717) is 11.8 Å². The first-order valence-electron chi connectivity index (χ1n) is 6.62. The molecule has 0 saturated heterocycles. The summed E-state index contributed by atoms with van der Waals surface area (Å²) in [6, 6.07) is 6.53. The van der Waals surface area contributed by atoms with Gasteiger partial charge in [0, 0.05) is 12.2 Å². The van der Waals surface area contributed by atoms with E-state index < -0.39 is 0 Å². The minimum atomic E-state index is 0.564. The largest absolute Gasteiger partial charge is 0.480 e. The van der Waals surface area contributed by atoms with Gasteiger partial charge >= 0.3 is 0 Å². The summed E-state index contributed by atoms with van der Waals surface area (Å²) < 4.78 is 6.03. The van der Waals surface area contributed by atoms with E-state index in [-0.39, 0.29) is 0 Å². The molecule has 5 heteroatoms. The first kappa shape index (κ1) is 13.4. The first-order chi connectivity index (χ1) is 9.69. The monoisotopic (exact) mass is 333 g/mol. The van der Waals surface area contributed by atoms with Gasteiger partial charge in [0.1, 0.15) is 0 Å². The van der Waals surface area contributed by atoms with Crippen LogP contribution in [0.25, 0.3) is 0 Å². The topological polar surface area (TPSA) is 38.2 Å². The van der Waals surface area contributed by atoms with Gasteiger partial charge in [0.25, 0.3) is 0 Å². The third kappa shape index (κ3) is 2.38. The van der Waals surface area contributed by atoms with Crippen molar-refractivity contribution in [3.63, 3.8) is 0 Å². The van der Waals surface area contributed by atoms with Crippen LogP contribution in [0.1, 0.15) is 17.5 Å². The summed E-state index contributed by atoms with van der Waals surface area (Å²) in [5.74, 6) is 1.25. The van der Waals surface area contributed by atoms with Crippen molar-refractivity contribution in [3.8, 4) is 5.88 Å². The van der Waals surface area contributed by atoms with Crippen LogP contribution in [0.5, 0.6) is 5.88 Å². The Labute approximate surface area is 126 Å². The molecule has 1 aliphatic rings. The van der Waals surface area contributed by atoms with Gasteiger partial charge in [0.2, 0.25) is 11.8 Å². The molecule has 1 aliphatic heterocycles. The molecule has 0 spiro atoms. The van der Waals surface area contributed by atoms with E-state index in [1.165, 1.54) is 16.8 Å². The van der Waals surface area contributed by atoms with Gasteiger partial charge in [0.05, 0.1) is 17.8 Å². The summed E-state index contributed by atoms with van der Waals surface area (Å²) in [6.45, 7) is 3.05. The smallest absolute Gasteiger partial charge is 0.233 e. The highest BCUT2D eigenvalue weighted by Crippen LogP contribution is 2.33. The average Bonchev–Trinajstić information content (AvgIpc) is 2.47. The van der Waals surface area contributed by atoms with Crippen molar-refractivity contribution in [1.82, 2.24) is 9.97 Å². The van der Waals surface area contributed by atoms with Crippen LogP contribution in [-0.2, 0) is 6.42 Å². The van der Waals surface area contributed by atoms with E-state index in [2.05, 4.69) is 55.9 Å². The molecule has 1 aromatic carbocycles. The van der Waals surface area contributed by atoms with Gasteiger partial charge in [-0.2, -0.15) is 4.98 Å². The molecule has 3 rings (SSSR count). The van der Waals surface area contributed by atoms with E-state index >= 15 is 0 Å². The molecule has 2 heterocycles. The number of fused-ring (bicyclic) bond motifs is 1. The summed E-state index contributed by atoms with van der Waals surface area (Å²) >= 11 is 3.39. The van der Waals surface area contributed by atoms with E-state index in [1.807, 2.05) is 0 Å². The van der Waals surface area contributed by atoms with Crippen molar-refractivity contribution in [2.45, 2.75) is 19.8 Å². The van der Waals surface area contributed by atoms with Crippen LogP contribution in [0.15, 0.2) is 28.9 Å². The Balaban J connectivity index is 2.04. The van der Waals surface area contributed by atoms with Crippen molar-refractivity contribution in [2.75, 3.05) is 18.6 Å². The molecule has 0 fully saturated rings. The molecular formula is C15H16BrN3O. The number of anilines is 2. The molecule has 0 bridgehead atoms. The van der Waals surface area contributed by atoms with Crippen molar-refractivity contribution in [1.29, 1.82) is 0 Å². The van der Waals surface area contributed by atoms with Crippen LogP contribution < -0.4 is 9.64 Å². The lowest BCUT2D eigenvalue weighted by Gasteiger charge is -2.29. The number of benzene rings is 1. The minimum Gasteiger partial charge on any atom is -0.480 e. The van der Waals surface area contributed by atoms with Gasteiger partial charge in [-0.1, -0.05) is 17.7 Å². The molecule has 0 N–H and O–H groups in total. The zero-order chi connectivity index (χ0) is 14.1. The molecule has 2 aromatic rings. The van der Waals surface area contributed by atoms with Crippen molar-refractivity contribution in [3.05, 3.63) is 40.0 Å². The maximum Gasteiger partial charge on any atom is 0.233 e. The highest BCUT2D eigenvalue weighted by atomic mass is 79.9. The Hall–Kier alpha value is -1.62. The molecule has 1 aromatic heterocycles. The van der Waals surface area contributed by atoms with Crippen LogP contribution in [0.4, 0.5) is 11.6 Å². The lowest BCUT2D eigenvalue weighted by Crippen LogP contribution is -2.26. The molecular weight excluding hydrogens is 318 g/mol. The van der Waals surface area contributed by atoms with E-state index in [1.54, 1.807) is 13.3 Å². The van der Waals surface area contributed by atoms with E-state index in [4.69, 9.17) is 4.74 Å². The Morgan fingerprint density at radius 2 is 2.20 bits per heavy atom. The second kappa shape index (κ2) is 5.40. The third-order valence-corrected chi connectivity index (χ3v) is 4.03. The van der Waals surface area contributed by atoms with Gasteiger partial charge < -0.3 is 9.64 Å². The van der Waals surface area contributed by atoms with Crippen molar-refractivity contribution < 1.29 is 4.74 Å². The molecule has 0 amide bonds. The van der Waals surface area contributed by atoms with E-state index in [0.717, 1.165) is 23.9 Å². The number of hydrogen-bond acceptors (Lipinski definition) is 4. The van der Waals surface area contributed by atoms with Gasteiger partial charge in [-0.05, 0) is 47.3 Å². The Morgan fingerprint density at radius 1 is 1.35 bits per heavy atom. The van der Waals surface area contributed by atoms with Gasteiger partial charge in [-0.25, -0.2) is 4.98 Å². The Kier molecular flexibility index (Phi) is 3.61. The van der Waals surface area contributed by atoms with E-state index in [9.17, 15) is 0 Å². The lowest BCUT2D eigenvalue weighted by atomic mass is 10.00. The molecule has 0 aliphatic carbocycles. The molecule has 4 nitrogen and oxygen atoms in total. The van der Waals surface area contributed by atoms with Crippen molar-refractivity contribution in [2.24, 2.45) is 0 Å². The Morgan fingerprint density at radius 3 is 3.00 bits per heavy atom. The molecule has 0 unspecified atom stereocenters. The van der Waals surface area contributed by atoms with Crippen molar-refractivity contribution >= 4 is 27.6 Å². The molecule has 104 valence electrons. The highest BCUT2D eigenvalue weighted by molar-refractivity contribution is 9.10. The number of aromatic nitrogens is 2. The van der Waals surface area contributed by atoms with Crippen LogP contribution in [0.3, 0.4) is 0 Å². The van der Waals surface area contributed by atoms with Crippen LogP contribution in [0, 0.1) is 6.92 Å². The second-order valence-corrected chi connectivity index (χ2v) is 5.77. The molecule has 0 saturated carbocycles. The second-order valence-electron chi connectivity index (χ2n) is 4.91. The van der Waals surface area contributed by atoms with Crippen LogP contribution in [0.2, 0.25) is 0 Å². The zero-order valence-electron chi connectivity index (χ0n) is 11.6. The van der Waals surface area contributed by atoms with Crippen LogP contribution >= 0.6 is 15.9 Å². The molecule has 0 radical (unpaired) electrons. The fraction of sp³-hybridized carbons (Fsp3) is 0.333. The predicted octanol–water partition coefficient (Wildman–Crippen LogP) is 3.64. The summed E-state index contributed by atoms with van der Waals surface area (Å²) in [7, 11) is 1.62. The van der Waals surface area contributed by atoms with Crippen LogP contribution in [-0.4, -0.2) is 23.6 Å². The van der Waals surface area contributed by atoms with Gasteiger partial charge in [-0.15, -0.1) is 0 Å². The summed E-state index contributed by atoms with van der Waals surface area (Å²) in [5, 5.41) is 0. The number of ether oxygens (including phenoxy) is 1. The fourth-order valence-electron chi connectivity index (χ4n) is 2.55. The molecule has 0 atom stereocenters. The normalized spacial score (nSPS) is 14.1. The maximum atomic E-state index is 5.26. The summed E-state index contributed by atoms with van der Waals surface area (Å²) in [5.41, 5.74) is 3.85. The number of rotatable bonds is 2. The number of methoxy groups -OCH3 is 1. The Bertz CT molecular complexity index is 645. The number of aryl methyl sites for hydroxylation is 2. The number of hydrogen-bond donors (Lipinski definition) is 0. The fourth-order valence-corrected chi connectivity index (χ4v) is 2.90. The summed E-state index contributed by atoms with van der Waals surface area (Å²) in [6.07, 6.45) is 3.96. The van der Waals surface area contributed by atoms with Gasteiger partial charge in [0.15, 0.2) is 0 Å². The minimum absolute atomic E-state index is 0.564. The first-order valence-corrected chi connectivity index (χ1v) is 7.42. The standard InChI is InChI=1S/C15H16BrN3O/c1-10-5-6-13-11(8-10)4-3-7-19(13)15-17-9-12(16)14(18-15)20-2/h5-6,8-9H,3-4,7H2,1-2H3. The highest BCUT2D eigenvalue weighted by Gasteiger charge is 2.21. The van der Waals surface area contributed by atoms with Gasteiger partial charge in [-0.3, -0.25) is 0 Å². The maximum absolute atomic E-state index is 5.26. The molecule has 20 heavy (non-hydrogen) atoms. The lowest BCUT2D eigenvalue weighted by molar-refractivity contribution is 0.394. The quantitative estimate of drug-likeness (QED) is 0.840. The third-order valence-electron chi connectivity index (χ3n) is 3.49.